The van der Waals surface area contributed by atoms with Crippen LogP contribution in [0.1, 0.15) is 31.9 Å². The van der Waals surface area contributed by atoms with Crippen molar-refractivity contribution in [1.29, 1.82) is 0 Å². The highest BCUT2D eigenvalue weighted by molar-refractivity contribution is 5.84. The third kappa shape index (κ3) is 5.70. The molecule has 4 nitrogen and oxygen atoms in total. The van der Waals surface area contributed by atoms with E-state index in [0.717, 1.165) is 18.9 Å². The van der Waals surface area contributed by atoms with Crippen molar-refractivity contribution < 1.29 is 14.6 Å². The van der Waals surface area contributed by atoms with Gasteiger partial charge in [-0.15, -0.1) is 0 Å². The summed E-state index contributed by atoms with van der Waals surface area (Å²) < 4.78 is 5.49. The summed E-state index contributed by atoms with van der Waals surface area (Å²) in [6.45, 7) is 2.84. The Morgan fingerprint density at radius 3 is 2.88 bits per heavy atom. The number of nitrogens with zero attached hydrogens (tertiary/aromatic N) is 1. The Bertz CT molecular complexity index is 371. The molecule has 0 aliphatic carbocycles. The molecule has 0 radical (unpaired) electrons. The number of hydrogen-bond donors (Lipinski definition) is 1. The highest BCUT2D eigenvalue weighted by Crippen LogP contribution is 2.10. The summed E-state index contributed by atoms with van der Waals surface area (Å²) in [4.78, 5) is 14.4. The largest absolute Gasteiger partial charge is 0.492 e. The van der Waals surface area contributed by atoms with E-state index >= 15 is 0 Å². The second-order valence-corrected chi connectivity index (χ2v) is 3.65. The number of pyridine rings is 1. The number of hydrogen-bond acceptors (Lipinski definition) is 3. The van der Waals surface area contributed by atoms with E-state index in [1.807, 2.05) is 0 Å². The molecule has 0 aliphatic heterocycles. The fraction of sp³-hybridized carbons (Fsp3) is 0.385. The van der Waals surface area contributed by atoms with Gasteiger partial charge in [-0.2, -0.15) is 0 Å². The van der Waals surface area contributed by atoms with Crippen molar-refractivity contribution >= 4 is 12.0 Å². The van der Waals surface area contributed by atoms with E-state index in [2.05, 4.69) is 11.9 Å². The zero-order valence-corrected chi connectivity index (χ0v) is 9.93. The van der Waals surface area contributed by atoms with Crippen LogP contribution in [0.25, 0.3) is 6.08 Å². The second-order valence-electron chi connectivity index (χ2n) is 3.65. The van der Waals surface area contributed by atoms with Crippen molar-refractivity contribution in [3.63, 3.8) is 0 Å². The van der Waals surface area contributed by atoms with Gasteiger partial charge in [0.2, 0.25) is 0 Å². The van der Waals surface area contributed by atoms with Gasteiger partial charge in [-0.1, -0.05) is 19.8 Å². The summed E-state index contributed by atoms with van der Waals surface area (Å²) in [6.07, 6.45) is 7.48. The summed E-state index contributed by atoms with van der Waals surface area (Å²) in [5, 5.41) is 8.46. The summed E-state index contributed by atoms with van der Waals surface area (Å²) in [6, 6.07) is 3.52. The normalized spacial score (nSPS) is 10.6. The van der Waals surface area contributed by atoms with Crippen LogP contribution in [0, 0.1) is 0 Å². The van der Waals surface area contributed by atoms with Gasteiger partial charge < -0.3 is 9.84 Å². The number of carboxylic acid groups (broad SMARTS) is 1. The number of ether oxygens (including phenoxy) is 1. The van der Waals surface area contributed by atoms with Gasteiger partial charge in [0.15, 0.2) is 0 Å². The van der Waals surface area contributed by atoms with Crippen molar-refractivity contribution in [2.24, 2.45) is 0 Å². The molecule has 1 aromatic rings. The SMILES string of the molecule is CCCCCOc1ccc(C=CC(=O)O)nc1. The highest BCUT2D eigenvalue weighted by atomic mass is 16.5. The molecule has 0 atom stereocenters. The van der Waals surface area contributed by atoms with Gasteiger partial charge in [-0.25, -0.2) is 4.79 Å². The maximum Gasteiger partial charge on any atom is 0.328 e. The first kappa shape index (κ1) is 13.2. The van der Waals surface area contributed by atoms with E-state index in [4.69, 9.17) is 9.84 Å². The molecular weight excluding hydrogens is 218 g/mol. The Hall–Kier alpha value is -1.84. The van der Waals surface area contributed by atoms with E-state index in [0.29, 0.717) is 18.1 Å². The number of carbonyl (C=O) groups is 1. The quantitative estimate of drug-likeness (QED) is 0.583. The minimum absolute atomic E-state index is 0.605. The number of carboxylic acids is 1. The van der Waals surface area contributed by atoms with Crippen LogP contribution in [-0.4, -0.2) is 22.7 Å². The lowest BCUT2D eigenvalue weighted by Gasteiger charge is -2.04. The molecule has 0 fully saturated rings. The molecule has 0 saturated carbocycles. The fourth-order valence-corrected chi connectivity index (χ4v) is 1.27. The van der Waals surface area contributed by atoms with Gasteiger partial charge in [0.25, 0.3) is 0 Å². The predicted octanol–water partition coefficient (Wildman–Crippen LogP) is 2.75. The van der Waals surface area contributed by atoms with E-state index in [1.54, 1.807) is 18.3 Å². The van der Waals surface area contributed by atoms with Crippen LogP contribution in [0.4, 0.5) is 0 Å². The third-order valence-electron chi connectivity index (χ3n) is 2.17. The monoisotopic (exact) mass is 235 g/mol. The molecule has 1 rings (SSSR count). The number of rotatable bonds is 7. The first-order valence-electron chi connectivity index (χ1n) is 5.72. The lowest BCUT2D eigenvalue weighted by Crippen LogP contribution is -1.97. The van der Waals surface area contributed by atoms with Crippen LogP contribution >= 0.6 is 0 Å². The molecule has 0 unspecified atom stereocenters. The van der Waals surface area contributed by atoms with Gasteiger partial charge in [0, 0.05) is 6.08 Å². The van der Waals surface area contributed by atoms with E-state index in [9.17, 15) is 4.79 Å². The van der Waals surface area contributed by atoms with Crippen LogP contribution in [0.2, 0.25) is 0 Å². The molecule has 0 aromatic carbocycles. The van der Waals surface area contributed by atoms with Crippen LogP contribution < -0.4 is 4.74 Å². The molecule has 4 heteroatoms. The summed E-state index contributed by atoms with van der Waals surface area (Å²) in [5.41, 5.74) is 0.605. The molecule has 0 aliphatic rings. The lowest BCUT2D eigenvalue weighted by molar-refractivity contribution is -0.131. The van der Waals surface area contributed by atoms with Crippen LogP contribution in [0.5, 0.6) is 5.75 Å². The standard InChI is InChI=1S/C13H17NO3/c1-2-3-4-9-17-12-7-5-11(14-10-12)6-8-13(15)16/h5-8,10H,2-4,9H2,1H3,(H,15,16). The maximum absolute atomic E-state index is 10.3. The molecule has 17 heavy (non-hydrogen) atoms. The molecule has 92 valence electrons. The lowest BCUT2D eigenvalue weighted by atomic mass is 10.3. The van der Waals surface area contributed by atoms with Gasteiger partial charge in [-0.05, 0) is 24.6 Å². The van der Waals surface area contributed by atoms with E-state index in [1.165, 1.54) is 12.5 Å². The van der Waals surface area contributed by atoms with Gasteiger partial charge in [0.1, 0.15) is 5.75 Å². The topological polar surface area (TPSA) is 59.4 Å². The second kappa shape index (κ2) is 7.44. The number of aliphatic carboxylic acids is 1. The Morgan fingerprint density at radius 2 is 2.29 bits per heavy atom. The van der Waals surface area contributed by atoms with Gasteiger partial charge >= 0.3 is 5.97 Å². The third-order valence-corrected chi connectivity index (χ3v) is 2.17. The average Bonchev–Trinajstić information content (AvgIpc) is 2.33. The van der Waals surface area contributed by atoms with E-state index < -0.39 is 5.97 Å². The first-order valence-corrected chi connectivity index (χ1v) is 5.72. The van der Waals surface area contributed by atoms with Crippen molar-refractivity contribution in [3.8, 4) is 5.75 Å². The molecule has 1 N–H and O–H groups in total. The first-order chi connectivity index (χ1) is 8.22. The van der Waals surface area contributed by atoms with Crippen LogP contribution in [0.3, 0.4) is 0 Å². The minimum Gasteiger partial charge on any atom is -0.492 e. The van der Waals surface area contributed by atoms with E-state index in [-0.39, 0.29) is 0 Å². The molecule has 0 bridgehead atoms. The predicted molar refractivity (Wildman–Crippen MR) is 65.9 cm³/mol. The molecule has 0 amide bonds. The number of aromatic nitrogens is 1. The molecular formula is C13H17NO3. The molecule has 0 saturated heterocycles. The highest BCUT2D eigenvalue weighted by Gasteiger charge is 1.95. The van der Waals surface area contributed by atoms with Crippen molar-refractivity contribution in [3.05, 3.63) is 30.1 Å². The Morgan fingerprint density at radius 1 is 1.47 bits per heavy atom. The minimum atomic E-state index is -0.980. The zero-order valence-electron chi connectivity index (χ0n) is 9.93. The number of unbranched alkanes of at least 4 members (excludes halogenated alkanes) is 2. The smallest absolute Gasteiger partial charge is 0.328 e. The Kier molecular flexibility index (Phi) is 5.79. The van der Waals surface area contributed by atoms with Crippen LogP contribution in [0.15, 0.2) is 24.4 Å². The Balaban J connectivity index is 2.42. The summed E-state index contributed by atoms with van der Waals surface area (Å²) in [5.74, 6) is -0.264. The molecule has 0 spiro atoms. The summed E-state index contributed by atoms with van der Waals surface area (Å²) in [7, 11) is 0. The van der Waals surface area contributed by atoms with Crippen molar-refractivity contribution in [2.75, 3.05) is 6.61 Å². The van der Waals surface area contributed by atoms with Gasteiger partial charge in [0.05, 0.1) is 18.5 Å². The maximum atomic E-state index is 10.3. The van der Waals surface area contributed by atoms with Crippen molar-refractivity contribution in [2.45, 2.75) is 26.2 Å². The average molecular weight is 235 g/mol. The zero-order chi connectivity index (χ0) is 12.5. The van der Waals surface area contributed by atoms with Gasteiger partial charge in [-0.3, -0.25) is 4.98 Å². The summed E-state index contributed by atoms with van der Waals surface area (Å²) >= 11 is 0. The Labute approximate surface area is 101 Å². The van der Waals surface area contributed by atoms with Crippen molar-refractivity contribution in [1.82, 2.24) is 4.98 Å². The fourth-order valence-electron chi connectivity index (χ4n) is 1.27. The molecule has 1 aromatic heterocycles. The van der Waals surface area contributed by atoms with Crippen LogP contribution in [-0.2, 0) is 4.79 Å². The molecule has 1 heterocycles.